The average Bonchev–Trinajstić information content (AvgIpc) is 3.23. The number of rotatable bonds is 3. The van der Waals surface area contributed by atoms with Gasteiger partial charge in [0.15, 0.2) is 0 Å². The summed E-state index contributed by atoms with van der Waals surface area (Å²) in [6, 6.07) is 20.1. The molecule has 0 bridgehead atoms. The van der Waals surface area contributed by atoms with E-state index in [0.717, 1.165) is 38.4 Å². The van der Waals surface area contributed by atoms with Crippen LogP contribution in [0, 0.1) is 11.3 Å². The lowest BCUT2D eigenvalue weighted by molar-refractivity contribution is 0.0544. The fraction of sp³-hybridized carbons (Fsp3) is 0.172. The highest BCUT2D eigenvalue weighted by Crippen LogP contribution is 2.34. The van der Waals surface area contributed by atoms with Gasteiger partial charge in [0.1, 0.15) is 5.60 Å². The summed E-state index contributed by atoms with van der Waals surface area (Å²) in [5.41, 5.74) is 3.47. The van der Waals surface area contributed by atoms with Crippen molar-refractivity contribution < 1.29 is 9.53 Å². The lowest BCUT2D eigenvalue weighted by atomic mass is 9.91. The predicted octanol–water partition coefficient (Wildman–Crippen LogP) is 6.69. The van der Waals surface area contributed by atoms with Crippen LogP contribution in [0.15, 0.2) is 85.6 Å². The van der Waals surface area contributed by atoms with E-state index in [4.69, 9.17) is 4.74 Å². The Morgan fingerprint density at radius 1 is 0.971 bits per heavy atom. The average molecular weight is 461 g/mol. The van der Waals surface area contributed by atoms with Crippen molar-refractivity contribution in [2.24, 2.45) is 0 Å². The summed E-state index contributed by atoms with van der Waals surface area (Å²) in [4.78, 5) is 21.5. The zero-order valence-electron chi connectivity index (χ0n) is 19.8. The molecule has 0 fully saturated rings. The molecule has 35 heavy (non-hydrogen) atoms. The largest absolute Gasteiger partial charge is 0.443 e. The van der Waals surface area contributed by atoms with Gasteiger partial charge in [0.2, 0.25) is 0 Å². The topological polar surface area (TPSA) is 80.8 Å². The van der Waals surface area contributed by atoms with Crippen molar-refractivity contribution >= 4 is 27.8 Å². The first-order valence-electron chi connectivity index (χ1n) is 11.4. The molecule has 0 spiro atoms. The number of pyridine rings is 2. The maximum absolute atomic E-state index is 12.9. The number of nitriles is 1. The third kappa shape index (κ3) is 4.36. The van der Waals surface area contributed by atoms with Crippen LogP contribution < -0.4 is 0 Å². The van der Waals surface area contributed by atoms with Crippen molar-refractivity contribution in [2.75, 3.05) is 0 Å². The highest BCUT2D eigenvalue weighted by molar-refractivity contribution is 5.93. The molecule has 0 aliphatic heterocycles. The first-order valence-corrected chi connectivity index (χ1v) is 11.4. The van der Waals surface area contributed by atoms with Gasteiger partial charge in [-0.1, -0.05) is 30.3 Å². The van der Waals surface area contributed by atoms with E-state index in [1.54, 1.807) is 24.8 Å². The summed E-state index contributed by atoms with van der Waals surface area (Å²) in [6.07, 6.45) is 8.34. The highest BCUT2D eigenvalue weighted by atomic mass is 16.6. The summed E-state index contributed by atoms with van der Waals surface area (Å²) in [5.74, 6) is -0.610. The number of hydrogen-bond donors (Lipinski definition) is 0. The molecule has 6 nitrogen and oxygen atoms in total. The van der Waals surface area contributed by atoms with Gasteiger partial charge in [0.25, 0.3) is 0 Å². The number of aromatic nitrogens is 3. The van der Waals surface area contributed by atoms with Gasteiger partial charge in [-0.3, -0.25) is 14.5 Å². The molecular weight excluding hydrogens is 436 g/mol. The molecule has 1 atom stereocenters. The molecule has 3 aromatic heterocycles. The summed E-state index contributed by atoms with van der Waals surface area (Å²) in [7, 11) is 0. The van der Waals surface area contributed by atoms with Crippen molar-refractivity contribution in [3.8, 4) is 17.2 Å². The third-order valence-corrected chi connectivity index (χ3v) is 5.84. The van der Waals surface area contributed by atoms with E-state index in [2.05, 4.69) is 22.1 Å². The third-order valence-electron chi connectivity index (χ3n) is 5.84. The van der Waals surface area contributed by atoms with Gasteiger partial charge in [-0.05, 0) is 67.1 Å². The zero-order valence-corrected chi connectivity index (χ0v) is 19.8. The highest BCUT2D eigenvalue weighted by Gasteiger charge is 2.25. The molecule has 6 heteroatoms. The molecule has 1 unspecified atom stereocenters. The van der Waals surface area contributed by atoms with E-state index >= 15 is 0 Å². The molecule has 172 valence electrons. The van der Waals surface area contributed by atoms with Crippen molar-refractivity contribution in [3.63, 3.8) is 0 Å². The van der Waals surface area contributed by atoms with Crippen LogP contribution in [0.4, 0.5) is 4.79 Å². The Balaban J connectivity index is 1.58. The molecule has 0 saturated carbocycles. The molecule has 3 heterocycles. The summed E-state index contributed by atoms with van der Waals surface area (Å²) in [5, 5.41) is 13.2. The minimum atomic E-state index is -0.634. The Labute approximate surface area is 203 Å². The second-order valence-electron chi connectivity index (χ2n) is 9.46. The molecule has 0 saturated heterocycles. The fourth-order valence-electron chi connectivity index (χ4n) is 4.26. The number of carbonyl (C=O) groups is 1. The number of fused-ring (bicyclic) bond motifs is 2. The zero-order chi connectivity index (χ0) is 24.6. The van der Waals surface area contributed by atoms with Gasteiger partial charge in [-0.2, -0.15) is 5.26 Å². The van der Waals surface area contributed by atoms with E-state index in [1.165, 1.54) is 4.57 Å². The molecule has 0 aliphatic carbocycles. The van der Waals surface area contributed by atoms with Gasteiger partial charge in [-0.25, -0.2) is 4.79 Å². The van der Waals surface area contributed by atoms with E-state index in [9.17, 15) is 10.1 Å². The van der Waals surface area contributed by atoms with Crippen molar-refractivity contribution in [3.05, 3.63) is 96.7 Å². The first kappa shape index (κ1) is 22.3. The van der Waals surface area contributed by atoms with Crippen LogP contribution in [0.2, 0.25) is 0 Å². The monoisotopic (exact) mass is 460 g/mol. The number of para-hydroxylation sites is 1. The van der Waals surface area contributed by atoms with Crippen molar-refractivity contribution in [2.45, 2.75) is 32.3 Å². The number of nitrogens with zero attached hydrogens (tertiary/aromatic N) is 4. The van der Waals surface area contributed by atoms with Gasteiger partial charge < -0.3 is 4.74 Å². The lowest BCUT2D eigenvalue weighted by Gasteiger charge is -2.19. The Kier molecular flexibility index (Phi) is 5.54. The lowest BCUT2D eigenvalue weighted by Crippen LogP contribution is -2.26. The van der Waals surface area contributed by atoms with Crippen LogP contribution >= 0.6 is 0 Å². The van der Waals surface area contributed by atoms with Crippen LogP contribution in [-0.2, 0) is 4.74 Å². The molecule has 5 rings (SSSR count). The van der Waals surface area contributed by atoms with Crippen LogP contribution in [0.25, 0.3) is 32.8 Å². The van der Waals surface area contributed by atoms with E-state index < -0.39 is 17.6 Å². The van der Waals surface area contributed by atoms with Crippen LogP contribution in [-0.4, -0.2) is 26.2 Å². The van der Waals surface area contributed by atoms with Crippen molar-refractivity contribution in [1.82, 2.24) is 14.5 Å². The summed E-state index contributed by atoms with van der Waals surface area (Å²) in [6.45, 7) is 5.49. The van der Waals surface area contributed by atoms with Crippen LogP contribution in [0.3, 0.4) is 0 Å². The second-order valence-corrected chi connectivity index (χ2v) is 9.46. The van der Waals surface area contributed by atoms with E-state index in [0.29, 0.717) is 5.52 Å². The van der Waals surface area contributed by atoms with Gasteiger partial charge in [0, 0.05) is 47.3 Å². The molecule has 0 amide bonds. The molecule has 5 aromatic rings. The Bertz CT molecular complexity index is 1600. The van der Waals surface area contributed by atoms with Gasteiger partial charge in [0.05, 0.1) is 17.5 Å². The minimum absolute atomic E-state index is 0.478. The predicted molar refractivity (Wildman–Crippen MR) is 136 cm³/mol. The first-order chi connectivity index (χ1) is 16.8. The number of carbonyl (C=O) groups excluding carboxylic acids is 1. The fourth-order valence-corrected chi connectivity index (χ4v) is 4.26. The molecule has 0 aliphatic rings. The smallest absolute Gasteiger partial charge is 0.419 e. The molecule has 0 N–H and O–H groups in total. The van der Waals surface area contributed by atoms with Crippen LogP contribution in [0.5, 0.6) is 0 Å². The Morgan fingerprint density at radius 2 is 1.80 bits per heavy atom. The van der Waals surface area contributed by atoms with Gasteiger partial charge >= 0.3 is 6.09 Å². The van der Waals surface area contributed by atoms with Crippen molar-refractivity contribution in [1.29, 1.82) is 5.26 Å². The summed E-state index contributed by atoms with van der Waals surface area (Å²) < 4.78 is 7.08. The van der Waals surface area contributed by atoms with E-state index in [-0.39, 0.29) is 0 Å². The summed E-state index contributed by atoms with van der Waals surface area (Å²) >= 11 is 0. The molecule has 0 radical (unpaired) electrons. The quantitative estimate of drug-likeness (QED) is 0.300. The number of hydrogen-bond acceptors (Lipinski definition) is 5. The molecule has 2 aromatic carbocycles. The standard InChI is InChI=1S/C29H24N4O2/c1-29(2,3)35-28(34)33-18-26(24-6-4-5-7-27(24)33)25(14-30)23-13-22(16-32-17-23)19-8-9-21-15-31-11-10-20(21)12-19/h4-13,15-18,25H,1-3H3. The Hall–Kier alpha value is -4.50. The number of ether oxygens (including phenoxy) is 1. The van der Waals surface area contributed by atoms with E-state index in [1.807, 2.05) is 75.5 Å². The number of benzene rings is 2. The van der Waals surface area contributed by atoms with Gasteiger partial charge in [-0.15, -0.1) is 0 Å². The maximum Gasteiger partial charge on any atom is 0.419 e. The maximum atomic E-state index is 12.9. The molecular formula is C29H24N4O2. The second kappa shape index (κ2) is 8.69. The normalized spacial score (nSPS) is 12.4. The van der Waals surface area contributed by atoms with Crippen LogP contribution in [0.1, 0.15) is 37.8 Å². The Morgan fingerprint density at radius 3 is 2.60 bits per heavy atom. The SMILES string of the molecule is CC(C)(C)OC(=O)n1cc(C(C#N)c2cncc(-c3ccc4cnccc4c3)c2)c2ccccc21. The minimum Gasteiger partial charge on any atom is -0.443 e.